The van der Waals surface area contributed by atoms with E-state index in [1.807, 2.05) is 42.5 Å². The maximum atomic E-state index is 12.3. The van der Waals surface area contributed by atoms with Gasteiger partial charge in [-0.1, -0.05) is 66.7 Å². The van der Waals surface area contributed by atoms with Gasteiger partial charge in [0.15, 0.2) is 0 Å². The Labute approximate surface area is 212 Å². The Hall–Kier alpha value is -3.47. The number of rotatable bonds is 6. The number of nitrogens with zero attached hydrogens (tertiary/aromatic N) is 2. The predicted octanol–water partition coefficient (Wildman–Crippen LogP) is 6.51. The highest BCUT2D eigenvalue weighted by Gasteiger charge is 2.43. The van der Waals surface area contributed by atoms with Crippen molar-refractivity contribution >= 4 is 10.9 Å². The van der Waals surface area contributed by atoms with E-state index in [4.69, 9.17) is 9.72 Å². The lowest BCUT2D eigenvalue weighted by atomic mass is 9.73. The van der Waals surface area contributed by atoms with Gasteiger partial charge >= 0.3 is 0 Å². The van der Waals surface area contributed by atoms with Crippen LogP contribution in [0.2, 0.25) is 0 Å². The molecule has 4 heterocycles. The molecule has 182 valence electrons. The van der Waals surface area contributed by atoms with Crippen LogP contribution in [-0.2, 0) is 0 Å². The fraction of sp³-hybridized carbons (Fsp3) is 0.281. The molecule has 36 heavy (non-hydrogen) atoms. The lowest BCUT2D eigenvalue weighted by Gasteiger charge is -2.50. The van der Waals surface area contributed by atoms with Crippen molar-refractivity contribution in [2.75, 3.05) is 20.2 Å². The number of aliphatic hydroxyl groups excluding tert-OH is 1. The van der Waals surface area contributed by atoms with Crippen LogP contribution in [0, 0.1) is 11.8 Å². The summed E-state index contributed by atoms with van der Waals surface area (Å²) in [5, 5.41) is 13.2. The number of ether oxygens (including phenoxy) is 1. The minimum absolute atomic E-state index is 0.0582. The van der Waals surface area contributed by atoms with Gasteiger partial charge in [0.2, 0.25) is 0 Å². The molecule has 0 saturated carbocycles. The largest absolute Gasteiger partial charge is 0.497 e. The van der Waals surface area contributed by atoms with Gasteiger partial charge in [0, 0.05) is 34.7 Å². The van der Waals surface area contributed by atoms with Crippen LogP contribution >= 0.6 is 0 Å². The second-order valence-corrected chi connectivity index (χ2v) is 10.1. The Bertz CT molecular complexity index is 1390. The van der Waals surface area contributed by atoms with Crippen LogP contribution in [0.1, 0.15) is 24.5 Å². The highest BCUT2D eigenvalue weighted by atomic mass is 16.5. The molecular weight excluding hydrogens is 444 g/mol. The summed E-state index contributed by atoms with van der Waals surface area (Å²) < 4.78 is 5.61. The van der Waals surface area contributed by atoms with Gasteiger partial charge in [-0.25, -0.2) is 4.98 Å². The second-order valence-electron chi connectivity index (χ2n) is 10.1. The van der Waals surface area contributed by atoms with E-state index in [0.29, 0.717) is 11.8 Å². The van der Waals surface area contributed by atoms with Crippen molar-refractivity contribution in [2.24, 2.45) is 11.8 Å². The number of hydrogen-bond acceptors (Lipinski definition) is 4. The maximum Gasteiger partial charge on any atom is 0.119 e. The molecule has 2 bridgehead atoms. The quantitative estimate of drug-likeness (QED) is 0.322. The maximum absolute atomic E-state index is 12.3. The van der Waals surface area contributed by atoms with Crippen LogP contribution in [0.5, 0.6) is 5.75 Å². The minimum Gasteiger partial charge on any atom is -0.497 e. The second kappa shape index (κ2) is 9.53. The van der Waals surface area contributed by atoms with E-state index in [2.05, 4.69) is 54.0 Å². The van der Waals surface area contributed by atoms with E-state index >= 15 is 0 Å². The first-order chi connectivity index (χ1) is 17.7. The van der Waals surface area contributed by atoms with Gasteiger partial charge in [-0.05, 0) is 55.0 Å². The van der Waals surface area contributed by atoms with Crippen LogP contribution in [0.3, 0.4) is 0 Å². The molecule has 4 aromatic rings. The zero-order chi connectivity index (χ0) is 24.6. The topological polar surface area (TPSA) is 45.6 Å². The number of benzene rings is 3. The average Bonchev–Trinajstić information content (AvgIpc) is 2.96. The number of pyridine rings is 1. The third kappa shape index (κ3) is 3.91. The van der Waals surface area contributed by atoms with E-state index in [-0.39, 0.29) is 6.04 Å². The fourth-order valence-corrected chi connectivity index (χ4v) is 6.30. The molecule has 3 saturated heterocycles. The normalized spacial score (nSPS) is 23.9. The van der Waals surface area contributed by atoms with E-state index in [1.165, 1.54) is 6.42 Å². The van der Waals surface area contributed by atoms with Gasteiger partial charge in [-0.3, -0.25) is 4.90 Å². The molecule has 7 rings (SSSR count). The molecular formula is C32H32N2O2. The van der Waals surface area contributed by atoms with Crippen LogP contribution in [0.15, 0.2) is 91.5 Å². The van der Waals surface area contributed by atoms with Gasteiger partial charge < -0.3 is 9.84 Å². The molecule has 0 radical (unpaired) electrons. The molecule has 0 spiro atoms. The third-order valence-corrected chi connectivity index (χ3v) is 8.16. The Kier molecular flexibility index (Phi) is 6.08. The first kappa shape index (κ1) is 23.0. The summed E-state index contributed by atoms with van der Waals surface area (Å²) in [6.07, 6.45) is 3.59. The molecule has 0 aliphatic carbocycles. The predicted molar refractivity (Wildman–Crippen MR) is 146 cm³/mol. The zero-order valence-electron chi connectivity index (χ0n) is 20.7. The van der Waals surface area contributed by atoms with Gasteiger partial charge in [0.05, 0.1) is 24.4 Å². The van der Waals surface area contributed by atoms with E-state index in [9.17, 15) is 5.11 Å². The van der Waals surface area contributed by atoms with Crippen LogP contribution in [-0.4, -0.2) is 41.2 Å². The van der Waals surface area contributed by atoms with Gasteiger partial charge in [-0.2, -0.15) is 0 Å². The molecule has 5 atom stereocenters. The lowest BCUT2D eigenvalue weighted by molar-refractivity contribution is -0.0443. The summed E-state index contributed by atoms with van der Waals surface area (Å²) in [7, 11) is 1.68. The van der Waals surface area contributed by atoms with E-state index in [0.717, 1.165) is 64.1 Å². The van der Waals surface area contributed by atoms with Crippen LogP contribution < -0.4 is 4.74 Å². The molecule has 3 fully saturated rings. The minimum atomic E-state index is -0.658. The van der Waals surface area contributed by atoms with Crippen LogP contribution in [0.25, 0.3) is 33.3 Å². The van der Waals surface area contributed by atoms with Crippen molar-refractivity contribution in [1.29, 1.82) is 0 Å². The molecule has 3 aromatic carbocycles. The summed E-state index contributed by atoms with van der Waals surface area (Å²) in [4.78, 5) is 7.64. The Morgan fingerprint density at radius 1 is 1.03 bits per heavy atom. The van der Waals surface area contributed by atoms with E-state index in [1.54, 1.807) is 7.11 Å². The Balaban J connectivity index is 1.62. The Morgan fingerprint density at radius 2 is 1.75 bits per heavy atom. The smallest absolute Gasteiger partial charge is 0.119 e. The first-order valence-electron chi connectivity index (χ1n) is 12.8. The molecule has 0 amide bonds. The highest BCUT2D eigenvalue weighted by Crippen LogP contribution is 2.47. The highest BCUT2D eigenvalue weighted by molar-refractivity contribution is 5.96. The van der Waals surface area contributed by atoms with Crippen molar-refractivity contribution in [1.82, 2.24) is 9.88 Å². The van der Waals surface area contributed by atoms with Crippen molar-refractivity contribution in [2.45, 2.75) is 25.0 Å². The van der Waals surface area contributed by atoms with Crippen molar-refractivity contribution in [3.05, 3.63) is 97.1 Å². The monoisotopic (exact) mass is 476 g/mol. The van der Waals surface area contributed by atoms with Crippen molar-refractivity contribution in [3.63, 3.8) is 0 Å². The number of fused-ring (bicyclic) bond motifs is 4. The zero-order valence-corrected chi connectivity index (χ0v) is 20.7. The fourth-order valence-electron chi connectivity index (χ4n) is 6.30. The molecule has 1 unspecified atom stereocenters. The van der Waals surface area contributed by atoms with Crippen molar-refractivity contribution in [3.8, 4) is 28.1 Å². The van der Waals surface area contributed by atoms with E-state index < -0.39 is 6.10 Å². The summed E-state index contributed by atoms with van der Waals surface area (Å²) in [6, 6.07) is 26.7. The standard InChI is InChI=1S/C32H32N2O2/c1-3-21-20-34-17-16-24(21)18-28(34)32(35)30-26-19-25(36-2)14-15-27(26)33-31(23-12-8-5-9-13-23)29(30)22-10-6-4-7-11-22/h3-15,19,21,24,28,32,35H,1,16-18,20H2,2H3/t21-,24-,28+,32+/m0/s1. The van der Waals surface area contributed by atoms with Crippen LogP contribution in [0.4, 0.5) is 0 Å². The van der Waals surface area contributed by atoms with Gasteiger partial charge in [-0.15, -0.1) is 6.58 Å². The number of hydrogen-bond donors (Lipinski definition) is 1. The van der Waals surface area contributed by atoms with Crippen molar-refractivity contribution < 1.29 is 9.84 Å². The van der Waals surface area contributed by atoms with Gasteiger partial charge in [0.25, 0.3) is 0 Å². The summed E-state index contributed by atoms with van der Waals surface area (Å²) in [5.74, 6) is 1.84. The SMILES string of the molecule is C=C[C@H]1CN2CC[C@H]1C[C@@H]2[C@@H](O)c1c(-c2ccccc2)c(-c2ccccc2)nc2ccc(OC)cc12. The van der Waals surface area contributed by atoms with Gasteiger partial charge in [0.1, 0.15) is 5.75 Å². The molecule has 1 aromatic heterocycles. The number of aromatic nitrogens is 1. The first-order valence-corrected chi connectivity index (χ1v) is 12.8. The number of aliphatic hydroxyl groups is 1. The molecule has 1 N–H and O–H groups in total. The average molecular weight is 477 g/mol. The third-order valence-electron chi connectivity index (χ3n) is 8.16. The molecule has 3 aliphatic rings. The molecule has 3 aliphatic heterocycles. The lowest BCUT2D eigenvalue weighted by Crippen LogP contribution is -2.54. The summed E-state index contributed by atoms with van der Waals surface area (Å²) >= 11 is 0. The molecule has 4 heteroatoms. The summed E-state index contributed by atoms with van der Waals surface area (Å²) in [5.41, 5.74) is 5.80. The Morgan fingerprint density at radius 3 is 2.39 bits per heavy atom. The number of piperidine rings is 3. The molecule has 4 nitrogen and oxygen atoms in total. The number of methoxy groups -OCH3 is 1. The summed E-state index contributed by atoms with van der Waals surface area (Å²) in [6.45, 7) is 6.07.